The lowest BCUT2D eigenvalue weighted by Gasteiger charge is -2.15. The molecule has 58 heavy (non-hydrogen) atoms. The van der Waals surface area contributed by atoms with Gasteiger partial charge in [-0.2, -0.15) is 0 Å². The Bertz CT molecular complexity index is 2920. The zero-order valence-corrected chi connectivity index (χ0v) is 32.6. The van der Waals surface area contributed by atoms with Crippen LogP contribution in [-0.2, 0) is 40.9 Å². The summed E-state index contributed by atoms with van der Waals surface area (Å²) in [6.45, 7) is 0.690. The van der Waals surface area contributed by atoms with E-state index in [0.717, 1.165) is 27.9 Å². The third-order valence-electron chi connectivity index (χ3n) is 9.95. The summed E-state index contributed by atoms with van der Waals surface area (Å²) in [5.74, 6) is 1.21. The van der Waals surface area contributed by atoms with Gasteiger partial charge in [-0.15, -0.1) is 0 Å². The van der Waals surface area contributed by atoms with Gasteiger partial charge in [-0.05, 0) is 59.2 Å². The molecule has 0 bridgehead atoms. The van der Waals surface area contributed by atoms with Gasteiger partial charge in [0.25, 0.3) is 15.6 Å². The van der Waals surface area contributed by atoms with Gasteiger partial charge in [0, 0.05) is 71.6 Å². The summed E-state index contributed by atoms with van der Waals surface area (Å²) in [6.07, 6.45) is 6.77. The van der Waals surface area contributed by atoms with Crippen molar-refractivity contribution < 1.29 is 27.4 Å². The van der Waals surface area contributed by atoms with E-state index in [1.165, 1.54) is 3.97 Å². The topological polar surface area (TPSA) is 135 Å². The molecule has 1 N–H and O–H groups in total. The fraction of sp³-hybridized carbons (Fsp3) is 0.133. The first-order valence-corrected chi connectivity index (χ1v) is 19.9. The van der Waals surface area contributed by atoms with Crippen molar-refractivity contribution in [3.63, 3.8) is 0 Å². The molecular weight excluding hydrogens is 755 g/mol. The van der Waals surface area contributed by atoms with Gasteiger partial charge in [-0.1, -0.05) is 72.8 Å². The van der Waals surface area contributed by atoms with Crippen LogP contribution in [0.15, 0.2) is 156 Å². The van der Waals surface area contributed by atoms with Crippen LogP contribution < -0.4 is 20.3 Å². The number of carbonyl (C=O) groups excluding carboxylic acids is 1. The van der Waals surface area contributed by atoms with Gasteiger partial charge in [0.15, 0.2) is 5.65 Å². The number of carbonyl (C=O) groups is 1. The van der Waals surface area contributed by atoms with Crippen LogP contribution in [0.1, 0.15) is 27.9 Å². The zero-order chi connectivity index (χ0) is 40.2. The molecule has 0 unspecified atom stereocenters. The van der Waals surface area contributed by atoms with Crippen molar-refractivity contribution in [2.75, 3.05) is 14.2 Å². The number of nitrogens with zero attached hydrogens (tertiary/aromatic N) is 4. The normalized spacial score (nSPS) is 11.5. The SMILES string of the molecule is COc1ccc(Cn2cc(Cc3ccc(CNC(=O)OCc4ccccc4)cc3)n3cc(-c4cn(S(=O)(=O)c5ccccc5)c5ncccc45)cc3c2=O)c(OC)c1. The quantitative estimate of drug-likeness (QED) is 0.127. The van der Waals surface area contributed by atoms with Crippen LogP contribution in [-0.4, -0.2) is 46.7 Å². The number of hydrogen-bond donors (Lipinski definition) is 1. The molecule has 13 heteroatoms. The number of hydrogen-bond acceptors (Lipinski definition) is 8. The van der Waals surface area contributed by atoms with E-state index < -0.39 is 16.1 Å². The first-order valence-electron chi connectivity index (χ1n) is 18.5. The summed E-state index contributed by atoms with van der Waals surface area (Å²) in [5, 5.41) is 3.42. The predicted octanol–water partition coefficient (Wildman–Crippen LogP) is 7.44. The third kappa shape index (κ3) is 7.67. The molecule has 8 aromatic rings. The molecule has 0 spiro atoms. The van der Waals surface area contributed by atoms with Gasteiger partial charge < -0.3 is 28.5 Å². The molecular formula is C45H39N5O7S. The number of fused-ring (bicyclic) bond motifs is 2. The van der Waals surface area contributed by atoms with E-state index in [1.807, 2.05) is 89.6 Å². The van der Waals surface area contributed by atoms with Crippen molar-refractivity contribution in [3.8, 4) is 22.6 Å². The molecule has 0 atom stereocenters. The standard InChI is InChI=1S/C45H39N5O7S/c1-55-37-20-19-34(42(24-37)56-2)26-48-28-36(22-31-15-17-32(18-16-31)25-47-45(52)57-30-33-10-5-3-6-11-33)49-27-35(23-41(49)44(48)51)40-29-50(43-39(40)14-9-21-46-43)58(53,54)38-12-7-4-8-13-38/h3-21,23-24,27-29H,22,25-26,30H2,1-2H3,(H,47,52). The molecule has 0 radical (unpaired) electrons. The average molecular weight is 794 g/mol. The highest BCUT2D eigenvalue weighted by molar-refractivity contribution is 7.90. The highest BCUT2D eigenvalue weighted by Crippen LogP contribution is 2.34. The summed E-state index contributed by atoms with van der Waals surface area (Å²) < 4.78 is 48.9. The van der Waals surface area contributed by atoms with Crippen molar-refractivity contribution in [3.05, 3.63) is 184 Å². The highest BCUT2D eigenvalue weighted by atomic mass is 32.2. The lowest BCUT2D eigenvalue weighted by Crippen LogP contribution is -2.24. The molecule has 292 valence electrons. The summed E-state index contributed by atoms with van der Waals surface area (Å²) >= 11 is 0. The second-order valence-electron chi connectivity index (χ2n) is 13.7. The number of alkyl carbamates (subject to hydrolysis) is 1. The van der Waals surface area contributed by atoms with Crippen LogP contribution in [0.5, 0.6) is 11.5 Å². The molecule has 0 aliphatic heterocycles. The van der Waals surface area contributed by atoms with Gasteiger partial charge in [-0.3, -0.25) is 4.79 Å². The molecule has 0 aliphatic rings. The van der Waals surface area contributed by atoms with Crippen LogP contribution >= 0.6 is 0 Å². The lowest BCUT2D eigenvalue weighted by molar-refractivity contribution is 0.139. The van der Waals surface area contributed by atoms with E-state index in [1.54, 1.807) is 79.7 Å². The number of pyridine rings is 1. The van der Waals surface area contributed by atoms with Gasteiger partial charge >= 0.3 is 6.09 Å². The van der Waals surface area contributed by atoms with Crippen LogP contribution in [0.2, 0.25) is 0 Å². The van der Waals surface area contributed by atoms with E-state index in [0.29, 0.717) is 39.9 Å². The Hall–Kier alpha value is -7.12. The highest BCUT2D eigenvalue weighted by Gasteiger charge is 2.24. The smallest absolute Gasteiger partial charge is 0.407 e. The van der Waals surface area contributed by atoms with Gasteiger partial charge in [0.1, 0.15) is 23.6 Å². The van der Waals surface area contributed by atoms with E-state index in [4.69, 9.17) is 14.2 Å². The molecule has 0 fully saturated rings. The predicted molar refractivity (Wildman–Crippen MR) is 221 cm³/mol. The van der Waals surface area contributed by atoms with Crippen molar-refractivity contribution in [1.29, 1.82) is 0 Å². The summed E-state index contributed by atoms with van der Waals surface area (Å²) in [7, 11) is -0.834. The maximum absolute atomic E-state index is 14.3. The Morgan fingerprint density at radius 1 is 0.776 bits per heavy atom. The number of benzene rings is 4. The number of methoxy groups -OCH3 is 2. The van der Waals surface area contributed by atoms with Crippen molar-refractivity contribution in [2.45, 2.75) is 31.0 Å². The number of amides is 1. The monoisotopic (exact) mass is 793 g/mol. The van der Waals surface area contributed by atoms with Crippen LogP contribution in [0.25, 0.3) is 27.7 Å². The average Bonchev–Trinajstić information content (AvgIpc) is 3.89. The van der Waals surface area contributed by atoms with Gasteiger partial charge in [-0.25, -0.2) is 22.2 Å². The maximum Gasteiger partial charge on any atom is 0.407 e. The van der Waals surface area contributed by atoms with Crippen molar-refractivity contribution in [2.24, 2.45) is 0 Å². The molecule has 0 saturated heterocycles. The van der Waals surface area contributed by atoms with Crippen LogP contribution in [0.4, 0.5) is 4.79 Å². The van der Waals surface area contributed by atoms with E-state index in [9.17, 15) is 18.0 Å². The van der Waals surface area contributed by atoms with Crippen molar-refractivity contribution >= 4 is 32.7 Å². The second kappa shape index (κ2) is 16.2. The molecule has 0 saturated carbocycles. The molecule has 4 aromatic heterocycles. The first kappa shape index (κ1) is 37.8. The molecule has 4 heterocycles. The Kier molecular flexibility index (Phi) is 10.5. The summed E-state index contributed by atoms with van der Waals surface area (Å²) in [5.41, 5.74) is 6.06. The number of rotatable bonds is 13. The Labute approximate surface area is 334 Å². The molecule has 1 amide bonds. The third-order valence-corrected chi connectivity index (χ3v) is 11.6. The zero-order valence-electron chi connectivity index (χ0n) is 31.7. The summed E-state index contributed by atoms with van der Waals surface area (Å²) in [4.78, 5) is 31.3. The molecule has 4 aromatic carbocycles. The molecule has 8 rings (SSSR count). The minimum absolute atomic E-state index is 0.134. The largest absolute Gasteiger partial charge is 0.497 e. The minimum atomic E-state index is -3.99. The fourth-order valence-electron chi connectivity index (χ4n) is 6.96. The van der Waals surface area contributed by atoms with E-state index in [2.05, 4.69) is 10.3 Å². The first-order chi connectivity index (χ1) is 28.2. The minimum Gasteiger partial charge on any atom is -0.497 e. The Balaban J connectivity index is 1.15. The fourth-order valence-corrected chi connectivity index (χ4v) is 8.30. The second-order valence-corrected chi connectivity index (χ2v) is 15.5. The maximum atomic E-state index is 14.3. The molecule has 0 aliphatic carbocycles. The summed E-state index contributed by atoms with van der Waals surface area (Å²) in [6, 6.07) is 36.4. The molecule has 12 nitrogen and oxygen atoms in total. The van der Waals surface area contributed by atoms with Gasteiger partial charge in [0.05, 0.1) is 25.7 Å². The van der Waals surface area contributed by atoms with Crippen molar-refractivity contribution in [1.82, 2.24) is 23.2 Å². The Morgan fingerprint density at radius 2 is 1.52 bits per heavy atom. The van der Waals surface area contributed by atoms with E-state index >= 15 is 0 Å². The van der Waals surface area contributed by atoms with Crippen LogP contribution in [0, 0.1) is 0 Å². The number of aromatic nitrogens is 4. The number of nitrogens with one attached hydrogen (secondary N) is 1. The van der Waals surface area contributed by atoms with Gasteiger partial charge in [0.2, 0.25) is 0 Å². The van der Waals surface area contributed by atoms with E-state index in [-0.39, 0.29) is 35.8 Å². The number of ether oxygens (including phenoxy) is 3. The lowest BCUT2D eigenvalue weighted by atomic mass is 10.1. The Morgan fingerprint density at radius 3 is 2.26 bits per heavy atom. The van der Waals surface area contributed by atoms with Crippen LogP contribution in [0.3, 0.4) is 0 Å².